The zero-order valence-corrected chi connectivity index (χ0v) is 12.4. The molecule has 1 atom stereocenters. The molecule has 19 heavy (non-hydrogen) atoms. The number of aliphatic hydroxyl groups excluding tert-OH is 1. The summed E-state index contributed by atoms with van der Waals surface area (Å²) < 4.78 is 0. The second kappa shape index (κ2) is 6.53. The van der Waals surface area contributed by atoms with E-state index in [2.05, 4.69) is 28.7 Å². The Bertz CT molecular complexity index is 425. The first-order valence-corrected chi connectivity index (χ1v) is 7.41. The number of nitrogens with zero attached hydrogens (tertiary/aromatic N) is 3. The lowest BCUT2D eigenvalue weighted by atomic mass is 10.1. The molecule has 4 nitrogen and oxygen atoms in total. The normalized spacial score (nSPS) is 19.4. The highest BCUT2D eigenvalue weighted by Crippen LogP contribution is 2.28. The van der Waals surface area contributed by atoms with Gasteiger partial charge < -0.3 is 10.0 Å². The topological polar surface area (TPSA) is 49.2 Å². The van der Waals surface area contributed by atoms with Gasteiger partial charge in [-0.3, -0.25) is 0 Å². The molecule has 106 valence electrons. The van der Waals surface area contributed by atoms with E-state index in [1.807, 2.05) is 6.07 Å². The molecule has 0 saturated carbocycles. The Morgan fingerprint density at radius 1 is 1.47 bits per heavy atom. The van der Waals surface area contributed by atoms with Crippen molar-refractivity contribution in [2.45, 2.75) is 51.5 Å². The highest BCUT2D eigenvalue weighted by molar-refractivity contribution is 6.29. The highest BCUT2D eigenvalue weighted by Gasteiger charge is 2.26. The van der Waals surface area contributed by atoms with Crippen molar-refractivity contribution in [2.24, 2.45) is 0 Å². The predicted octanol–water partition coefficient (Wildman–Crippen LogP) is 2.99. The maximum Gasteiger partial charge on any atom is 0.135 e. The lowest BCUT2D eigenvalue weighted by Gasteiger charge is -2.26. The minimum atomic E-state index is 0.256. The van der Waals surface area contributed by atoms with Crippen LogP contribution < -0.4 is 4.90 Å². The van der Waals surface area contributed by atoms with Crippen LogP contribution >= 0.6 is 11.6 Å². The lowest BCUT2D eigenvalue weighted by Crippen LogP contribution is -2.30. The standard InChI is InChI=1S/C14H22ClN3O/c1-10(2)14-16-12(15)9-13(17-14)18-7-3-5-11(18)6-4-8-19/h9-11,19H,3-8H2,1-2H3. The summed E-state index contributed by atoms with van der Waals surface area (Å²) in [5.41, 5.74) is 0. The van der Waals surface area contributed by atoms with Gasteiger partial charge in [0.15, 0.2) is 0 Å². The van der Waals surface area contributed by atoms with E-state index < -0.39 is 0 Å². The van der Waals surface area contributed by atoms with Crippen molar-refractivity contribution in [1.29, 1.82) is 0 Å². The van der Waals surface area contributed by atoms with E-state index in [-0.39, 0.29) is 12.5 Å². The van der Waals surface area contributed by atoms with Crippen molar-refractivity contribution in [2.75, 3.05) is 18.1 Å². The molecule has 2 heterocycles. The van der Waals surface area contributed by atoms with Crippen LogP contribution in [0.15, 0.2) is 6.07 Å². The van der Waals surface area contributed by atoms with Gasteiger partial charge in [0, 0.05) is 31.2 Å². The monoisotopic (exact) mass is 283 g/mol. The fraction of sp³-hybridized carbons (Fsp3) is 0.714. The summed E-state index contributed by atoms with van der Waals surface area (Å²) in [7, 11) is 0. The molecular weight excluding hydrogens is 262 g/mol. The van der Waals surface area contributed by atoms with Crippen molar-refractivity contribution in [3.8, 4) is 0 Å². The van der Waals surface area contributed by atoms with Crippen molar-refractivity contribution < 1.29 is 5.11 Å². The van der Waals surface area contributed by atoms with Crippen LogP contribution in [0.5, 0.6) is 0 Å². The number of aliphatic hydroxyl groups is 1. The summed E-state index contributed by atoms with van der Waals surface area (Å²) in [6.45, 7) is 5.42. The van der Waals surface area contributed by atoms with Crippen LogP contribution in [0.1, 0.15) is 51.3 Å². The van der Waals surface area contributed by atoms with Crippen molar-refractivity contribution in [3.63, 3.8) is 0 Å². The number of hydrogen-bond donors (Lipinski definition) is 1. The average molecular weight is 284 g/mol. The largest absolute Gasteiger partial charge is 0.396 e. The van der Waals surface area contributed by atoms with E-state index >= 15 is 0 Å². The Balaban J connectivity index is 2.20. The van der Waals surface area contributed by atoms with Crippen molar-refractivity contribution >= 4 is 17.4 Å². The van der Waals surface area contributed by atoms with E-state index in [4.69, 9.17) is 16.7 Å². The highest BCUT2D eigenvalue weighted by atomic mass is 35.5. The molecule has 0 aliphatic carbocycles. The Hall–Kier alpha value is -0.870. The molecule has 0 spiro atoms. The summed E-state index contributed by atoms with van der Waals surface area (Å²) in [6, 6.07) is 2.32. The van der Waals surface area contributed by atoms with Gasteiger partial charge in [0.25, 0.3) is 0 Å². The predicted molar refractivity (Wildman–Crippen MR) is 77.8 cm³/mol. The smallest absolute Gasteiger partial charge is 0.135 e. The summed E-state index contributed by atoms with van der Waals surface area (Å²) in [5.74, 6) is 2.01. The Labute approximate surface area is 119 Å². The van der Waals surface area contributed by atoms with Gasteiger partial charge in [0.2, 0.25) is 0 Å². The van der Waals surface area contributed by atoms with E-state index in [0.717, 1.165) is 31.0 Å². The summed E-state index contributed by atoms with van der Waals surface area (Å²) in [6.07, 6.45) is 4.19. The van der Waals surface area contributed by atoms with Gasteiger partial charge in [0.05, 0.1) is 0 Å². The first-order chi connectivity index (χ1) is 9.11. The fourth-order valence-electron chi connectivity index (χ4n) is 2.59. The molecule has 1 aromatic rings. The van der Waals surface area contributed by atoms with Gasteiger partial charge in [-0.15, -0.1) is 0 Å². The van der Waals surface area contributed by atoms with E-state index in [1.165, 1.54) is 12.8 Å². The van der Waals surface area contributed by atoms with Gasteiger partial charge in [0.1, 0.15) is 16.8 Å². The molecule has 2 rings (SSSR count). The number of halogens is 1. The quantitative estimate of drug-likeness (QED) is 0.844. The molecule has 0 bridgehead atoms. The van der Waals surface area contributed by atoms with Crippen LogP contribution in [-0.2, 0) is 0 Å². The van der Waals surface area contributed by atoms with E-state index in [9.17, 15) is 0 Å². The molecule has 1 aromatic heterocycles. The fourth-order valence-corrected chi connectivity index (χ4v) is 2.78. The number of rotatable bonds is 5. The van der Waals surface area contributed by atoms with Gasteiger partial charge in [-0.2, -0.15) is 0 Å². The molecule has 1 unspecified atom stereocenters. The van der Waals surface area contributed by atoms with E-state index in [0.29, 0.717) is 11.2 Å². The van der Waals surface area contributed by atoms with Crippen LogP contribution in [0.4, 0.5) is 5.82 Å². The van der Waals surface area contributed by atoms with Crippen molar-refractivity contribution in [3.05, 3.63) is 17.0 Å². The molecule has 0 radical (unpaired) electrons. The molecule has 1 N–H and O–H groups in total. The van der Waals surface area contributed by atoms with Gasteiger partial charge in [-0.25, -0.2) is 9.97 Å². The zero-order chi connectivity index (χ0) is 13.8. The SMILES string of the molecule is CC(C)c1nc(Cl)cc(N2CCCC2CCCO)n1. The second-order valence-electron chi connectivity index (χ2n) is 5.42. The first kappa shape index (κ1) is 14.5. The molecule has 1 fully saturated rings. The Morgan fingerprint density at radius 3 is 2.95 bits per heavy atom. The molecular formula is C14H22ClN3O. The third-order valence-electron chi connectivity index (χ3n) is 3.58. The first-order valence-electron chi connectivity index (χ1n) is 7.03. The Morgan fingerprint density at radius 2 is 2.26 bits per heavy atom. The maximum absolute atomic E-state index is 8.98. The number of aromatic nitrogens is 2. The molecule has 0 amide bonds. The zero-order valence-electron chi connectivity index (χ0n) is 11.6. The van der Waals surface area contributed by atoms with Gasteiger partial charge in [-0.05, 0) is 25.7 Å². The van der Waals surface area contributed by atoms with Crippen LogP contribution in [0, 0.1) is 0 Å². The van der Waals surface area contributed by atoms with E-state index in [1.54, 1.807) is 0 Å². The second-order valence-corrected chi connectivity index (χ2v) is 5.80. The molecule has 1 aliphatic rings. The summed E-state index contributed by atoms with van der Waals surface area (Å²) in [4.78, 5) is 11.2. The molecule has 5 heteroatoms. The number of hydrogen-bond acceptors (Lipinski definition) is 4. The van der Waals surface area contributed by atoms with Crippen LogP contribution in [-0.4, -0.2) is 34.3 Å². The number of anilines is 1. The molecule has 1 saturated heterocycles. The minimum absolute atomic E-state index is 0.256. The average Bonchev–Trinajstić information content (AvgIpc) is 2.83. The summed E-state index contributed by atoms with van der Waals surface area (Å²) >= 11 is 6.11. The third kappa shape index (κ3) is 3.57. The van der Waals surface area contributed by atoms with Crippen molar-refractivity contribution in [1.82, 2.24) is 9.97 Å². The van der Waals surface area contributed by atoms with Gasteiger partial charge >= 0.3 is 0 Å². The molecule has 1 aliphatic heterocycles. The summed E-state index contributed by atoms with van der Waals surface area (Å²) in [5, 5.41) is 9.49. The van der Waals surface area contributed by atoms with Crippen LogP contribution in [0.3, 0.4) is 0 Å². The van der Waals surface area contributed by atoms with Crippen LogP contribution in [0.2, 0.25) is 5.15 Å². The third-order valence-corrected chi connectivity index (χ3v) is 3.78. The van der Waals surface area contributed by atoms with Crippen LogP contribution in [0.25, 0.3) is 0 Å². The molecule has 0 aromatic carbocycles. The Kier molecular flexibility index (Phi) is 4.99. The lowest BCUT2D eigenvalue weighted by molar-refractivity contribution is 0.279. The van der Waals surface area contributed by atoms with Gasteiger partial charge in [-0.1, -0.05) is 25.4 Å². The minimum Gasteiger partial charge on any atom is -0.396 e. The maximum atomic E-state index is 8.98.